The number of rotatable bonds is 8. The number of hydrogen-bond donors (Lipinski definition) is 0. The Balaban J connectivity index is 1.23. The van der Waals surface area contributed by atoms with Crippen molar-refractivity contribution in [3.05, 3.63) is 65.9 Å². The van der Waals surface area contributed by atoms with E-state index in [9.17, 15) is 4.79 Å². The Kier molecular flexibility index (Phi) is 6.70. The van der Waals surface area contributed by atoms with E-state index in [0.717, 1.165) is 40.2 Å². The highest BCUT2D eigenvalue weighted by molar-refractivity contribution is 7.18. The molecule has 6 rings (SSSR count). The van der Waals surface area contributed by atoms with E-state index >= 15 is 0 Å². The maximum atomic E-state index is 12.0. The third-order valence-corrected chi connectivity index (χ3v) is 7.73. The minimum Gasteiger partial charge on any atom is -0.497 e. The Morgan fingerprint density at radius 2 is 2.03 bits per heavy atom. The topological polar surface area (TPSA) is 91.3 Å². The molecular formula is C29H28N4O5S. The highest BCUT2D eigenvalue weighted by atomic mass is 32.1. The average Bonchev–Trinajstić information content (AvgIpc) is 3.69. The molecule has 2 aromatic carbocycles. The summed E-state index contributed by atoms with van der Waals surface area (Å²) in [5.41, 5.74) is 4.66. The molecule has 39 heavy (non-hydrogen) atoms. The van der Waals surface area contributed by atoms with Crippen LogP contribution in [-0.4, -0.2) is 52.7 Å². The van der Waals surface area contributed by atoms with Crippen LogP contribution in [0.3, 0.4) is 0 Å². The summed E-state index contributed by atoms with van der Waals surface area (Å²) in [6.45, 7) is 3.63. The quantitative estimate of drug-likeness (QED) is 0.243. The van der Waals surface area contributed by atoms with E-state index in [2.05, 4.69) is 28.3 Å². The highest BCUT2D eigenvalue weighted by Crippen LogP contribution is 2.35. The second-order valence-electron chi connectivity index (χ2n) is 9.22. The van der Waals surface area contributed by atoms with Crippen molar-refractivity contribution in [1.82, 2.24) is 19.5 Å². The number of amides is 1. The molecule has 0 spiro atoms. The second-order valence-corrected chi connectivity index (χ2v) is 10.1. The predicted octanol–water partition coefficient (Wildman–Crippen LogP) is 5.83. The molecule has 0 saturated carbocycles. The number of fused-ring (bicyclic) bond motifs is 2. The number of ether oxygens (including phenoxy) is 3. The van der Waals surface area contributed by atoms with Gasteiger partial charge in [-0.2, -0.15) is 0 Å². The summed E-state index contributed by atoms with van der Waals surface area (Å²) in [6, 6.07) is 13.9. The number of carbonyl (C=O) groups is 1. The van der Waals surface area contributed by atoms with Crippen molar-refractivity contribution in [2.75, 3.05) is 27.3 Å². The van der Waals surface area contributed by atoms with E-state index in [4.69, 9.17) is 18.6 Å². The summed E-state index contributed by atoms with van der Waals surface area (Å²) < 4.78 is 24.8. The van der Waals surface area contributed by atoms with Crippen LogP contribution in [0, 0.1) is 0 Å². The van der Waals surface area contributed by atoms with Gasteiger partial charge in [0.15, 0.2) is 5.76 Å². The Bertz CT molecular complexity index is 1670. The lowest BCUT2D eigenvalue weighted by Crippen LogP contribution is -2.34. The number of furan rings is 1. The maximum absolute atomic E-state index is 12.0. The first-order valence-corrected chi connectivity index (χ1v) is 13.6. The van der Waals surface area contributed by atoms with E-state index in [1.54, 1.807) is 18.7 Å². The third-order valence-electron chi connectivity index (χ3n) is 6.85. The van der Waals surface area contributed by atoms with Gasteiger partial charge in [0.1, 0.15) is 29.4 Å². The van der Waals surface area contributed by atoms with E-state index in [1.807, 2.05) is 48.4 Å². The smallest absolute Gasteiger partial charge is 0.294 e. The molecule has 1 aliphatic heterocycles. The van der Waals surface area contributed by atoms with Crippen molar-refractivity contribution in [3.8, 4) is 28.1 Å². The molecule has 0 fully saturated rings. The molecule has 0 radical (unpaired) electrons. The molecule has 0 aliphatic carbocycles. The van der Waals surface area contributed by atoms with Crippen LogP contribution in [0.25, 0.3) is 33.0 Å². The highest BCUT2D eigenvalue weighted by Gasteiger charge is 2.18. The number of hydrogen-bond acceptors (Lipinski definition) is 8. The van der Waals surface area contributed by atoms with Gasteiger partial charge in [0.25, 0.3) is 5.19 Å². The zero-order chi connectivity index (χ0) is 26.9. The van der Waals surface area contributed by atoms with Gasteiger partial charge in [0.2, 0.25) is 10.9 Å². The molecule has 4 heterocycles. The minimum absolute atomic E-state index is 0.194. The molecule has 10 heteroatoms. The number of nitrogens with zero attached hydrogens (tertiary/aromatic N) is 4. The average molecular weight is 545 g/mol. The van der Waals surface area contributed by atoms with Crippen LogP contribution in [0.1, 0.15) is 30.9 Å². The van der Waals surface area contributed by atoms with Gasteiger partial charge in [0, 0.05) is 36.5 Å². The second kappa shape index (κ2) is 10.5. The van der Waals surface area contributed by atoms with Gasteiger partial charge in [-0.25, -0.2) is 9.50 Å². The zero-order valence-electron chi connectivity index (χ0n) is 22.0. The van der Waals surface area contributed by atoms with Crippen molar-refractivity contribution in [3.63, 3.8) is 0 Å². The van der Waals surface area contributed by atoms with Gasteiger partial charge in [-0.1, -0.05) is 25.1 Å². The van der Waals surface area contributed by atoms with Gasteiger partial charge in [0.05, 0.1) is 20.4 Å². The van der Waals surface area contributed by atoms with Gasteiger partial charge >= 0.3 is 0 Å². The SMILES string of the molecule is CCC(=O)N1CC=C(c2cccc(OCc3cc(OC)cc4oc(-c5cn6nc(OC)sc6n5)cc34)c2)CC1. The summed E-state index contributed by atoms with van der Waals surface area (Å²) in [7, 11) is 3.22. The fourth-order valence-electron chi connectivity index (χ4n) is 4.76. The summed E-state index contributed by atoms with van der Waals surface area (Å²) in [4.78, 5) is 19.3. The van der Waals surface area contributed by atoms with Crippen LogP contribution in [0.15, 0.2) is 59.2 Å². The fraction of sp³-hybridized carbons (Fsp3) is 0.276. The number of aromatic nitrogens is 3. The lowest BCUT2D eigenvalue weighted by Gasteiger charge is -2.26. The molecule has 200 valence electrons. The number of carbonyl (C=O) groups excluding carboxylic acids is 1. The first-order valence-electron chi connectivity index (χ1n) is 12.8. The number of imidazole rings is 1. The van der Waals surface area contributed by atoms with Crippen molar-refractivity contribution >= 4 is 38.7 Å². The summed E-state index contributed by atoms with van der Waals surface area (Å²) in [6.07, 6.45) is 5.33. The molecule has 5 aromatic rings. The minimum atomic E-state index is 0.194. The molecule has 0 bridgehead atoms. The Hall–Kier alpha value is -4.31. The lowest BCUT2D eigenvalue weighted by atomic mass is 9.99. The predicted molar refractivity (Wildman–Crippen MR) is 149 cm³/mol. The van der Waals surface area contributed by atoms with E-state index in [-0.39, 0.29) is 5.91 Å². The monoisotopic (exact) mass is 544 g/mol. The van der Waals surface area contributed by atoms with Crippen LogP contribution in [0.5, 0.6) is 16.7 Å². The van der Waals surface area contributed by atoms with E-state index in [0.29, 0.717) is 47.6 Å². The fourth-order valence-corrected chi connectivity index (χ4v) is 5.46. The molecular weight excluding hydrogens is 516 g/mol. The van der Waals surface area contributed by atoms with Crippen molar-refractivity contribution in [1.29, 1.82) is 0 Å². The Morgan fingerprint density at radius 3 is 2.77 bits per heavy atom. The molecule has 0 atom stereocenters. The maximum Gasteiger partial charge on any atom is 0.294 e. The van der Waals surface area contributed by atoms with Crippen LogP contribution < -0.4 is 14.2 Å². The van der Waals surface area contributed by atoms with Gasteiger partial charge in [-0.05, 0) is 53.2 Å². The van der Waals surface area contributed by atoms with Gasteiger partial charge < -0.3 is 23.5 Å². The molecule has 0 N–H and O–H groups in total. The normalized spacial score (nSPS) is 13.6. The van der Waals surface area contributed by atoms with Crippen LogP contribution in [0.4, 0.5) is 0 Å². The van der Waals surface area contributed by atoms with Crippen molar-refractivity contribution < 1.29 is 23.4 Å². The first kappa shape index (κ1) is 25.0. The Morgan fingerprint density at radius 1 is 1.13 bits per heavy atom. The first-order chi connectivity index (χ1) is 19.0. The third kappa shape index (κ3) is 4.95. The summed E-state index contributed by atoms with van der Waals surface area (Å²) >= 11 is 1.36. The van der Waals surface area contributed by atoms with Crippen LogP contribution in [-0.2, 0) is 11.4 Å². The molecule has 0 unspecified atom stereocenters. The lowest BCUT2D eigenvalue weighted by molar-refractivity contribution is -0.130. The summed E-state index contributed by atoms with van der Waals surface area (Å²) in [5.74, 6) is 2.29. The summed E-state index contributed by atoms with van der Waals surface area (Å²) in [5, 5.41) is 5.82. The Labute approximate surface area is 229 Å². The molecule has 3 aromatic heterocycles. The zero-order valence-corrected chi connectivity index (χ0v) is 22.8. The van der Waals surface area contributed by atoms with E-state index < -0.39 is 0 Å². The van der Waals surface area contributed by atoms with Crippen LogP contribution >= 0.6 is 11.3 Å². The van der Waals surface area contributed by atoms with Crippen molar-refractivity contribution in [2.24, 2.45) is 0 Å². The number of benzene rings is 2. The standard InChI is InChI=1S/C29H28N4O5S/c1-4-27(34)32-10-8-18(9-11-32)19-6-5-7-21(12-19)37-17-20-13-22(35-2)14-25-23(20)15-26(38-25)24-16-33-28(30-24)39-29(31-33)36-3/h5-8,12-16H,4,9-11,17H2,1-3H3. The molecule has 1 aliphatic rings. The van der Waals surface area contributed by atoms with Gasteiger partial charge in [-0.15, -0.1) is 5.10 Å². The van der Waals surface area contributed by atoms with E-state index in [1.165, 1.54) is 16.9 Å². The molecule has 0 saturated heterocycles. The largest absolute Gasteiger partial charge is 0.497 e. The molecule has 9 nitrogen and oxygen atoms in total. The van der Waals surface area contributed by atoms with Crippen LogP contribution in [0.2, 0.25) is 0 Å². The number of methoxy groups -OCH3 is 2. The van der Waals surface area contributed by atoms with Gasteiger partial charge in [-0.3, -0.25) is 4.79 Å². The van der Waals surface area contributed by atoms with Crippen molar-refractivity contribution in [2.45, 2.75) is 26.4 Å². The molecule has 1 amide bonds.